The second kappa shape index (κ2) is 6.16. The molecule has 1 aromatic rings. The van der Waals surface area contributed by atoms with Crippen LogP contribution in [0.1, 0.15) is 43.7 Å². The molecule has 1 rings (SSSR count). The highest BCUT2D eigenvalue weighted by Gasteiger charge is 2.09. The summed E-state index contributed by atoms with van der Waals surface area (Å²) >= 11 is 0. The van der Waals surface area contributed by atoms with Gasteiger partial charge in [-0.15, -0.1) is 0 Å². The van der Waals surface area contributed by atoms with Crippen molar-refractivity contribution in [1.82, 2.24) is 0 Å². The highest BCUT2D eigenvalue weighted by Crippen LogP contribution is 2.21. The number of phenols is 1. The van der Waals surface area contributed by atoms with Crippen LogP contribution in [-0.4, -0.2) is 16.0 Å². The number of hydrogen-bond acceptors (Lipinski definition) is 3. The summed E-state index contributed by atoms with van der Waals surface area (Å²) in [6.07, 6.45) is 3.90. The Hall–Kier alpha value is -1.51. The summed E-state index contributed by atoms with van der Waals surface area (Å²) < 4.78 is 0. The van der Waals surface area contributed by atoms with Crippen LogP contribution in [-0.2, 0) is 0 Å². The number of unbranched alkanes of at least 4 members (excludes halogenated alkanes) is 2. The van der Waals surface area contributed by atoms with Crippen LogP contribution in [0.5, 0.6) is 5.75 Å². The van der Waals surface area contributed by atoms with E-state index in [0.29, 0.717) is 17.7 Å². The summed E-state index contributed by atoms with van der Waals surface area (Å²) in [5.41, 5.74) is 2.18. The van der Waals surface area contributed by atoms with E-state index in [1.165, 1.54) is 0 Å². The van der Waals surface area contributed by atoms with E-state index in [9.17, 15) is 5.11 Å². The van der Waals surface area contributed by atoms with Crippen molar-refractivity contribution >= 4 is 5.71 Å². The van der Waals surface area contributed by atoms with E-state index in [4.69, 9.17) is 5.21 Å². The van der Waals surface area contributed by atoms with Gasteiger partial charge < -0.3 is 10.3 Å². The first kappa shape index (κ1) is 12.6. The van der Waals surface area contributed by atoms with Crippen LogP contribution < -0.4 is 0 Å². The molecule has 16 heavy (non-hydrogen) atoms. The number of benzene rings is 1. The van der Waals surface area contributed by atoms with E-state index in [0.717, 1.165) is 24.8 Å². The van der Waals surface area contributed by atoms with Gasteiger partial charge in [-0.1, -0.05) is 31.0 Å². The third kappa shape index (κ3) is 3.26. The molecular formula is C13H19NO2. The Balaban J connectivity index is 2.80. The molecule has 2 N–H and O–H groups in total. The molecule has 0 amide bonds. The molecule has 0 fully saturated rings. The van der Waals surface area contributed by atoms with Gasteiger partial charge in [-0.05, 0) is 37.5 Å². The molecule has 0 atom stereocenters. The van der Waals surface area contributed by atoms with Crippen molar-refractivity contribution in [3.63, 3.8) is 0 Å². The number of nitrogens with zero attached hydrogens (tertiary/aromatic N) is 1. The molecule has 0 aliphatic rings. The highest BCUT2D eigenvalue weighted by atomic mass is 16.4. The number of phenolic OH excluding ortho intramolecular Hbond substituents is 1. The van der Waals surface area contributed by atoms with Crippen LogP contribution in [0.15, 0.2) is 23.4 Å². The highest BCUT2D eigenvalue weighted by molar-refractivity contribution is 6.02. The van der Waals surface area contributed by atoms with E-state index >= 15 is 0 Å². The van der Waals surface area contributed by atoms with Crippen molar-refractivity contribution in [2.75, 3.05) is 0 Å². The zero-order valence-electron chi connectivity index (χ0n) is 9.90. The lowest BCUT2D eigenvalue weighted by atomic mass is 10.0. The molecule has 0 aliphatic carbocycles. The largest absolute Gasteiger partial charge is 0.507 e. The summed E-state index contributed by atoms with van der Waals surface area (Å²) in [7, 11) is 0. The van der Waals surface area contributed by atoms with Crippen molar-refractivity contribution in [1.29, 1.82) is 0 Å². The molecule has 0 heterocycles. The van der Waals surface area contributed by atoms with Crippen LogP contribution in [0.25, 0.3) is 0 Å². The van der Waals surface area contributed by atoms with Crippen molar-refractivity contribution in [2.24, 2.45) is 5.16 Å². The first-order valence-electron chi connectivity index (χ1n) is 5.70. The van der Waals surface area contributed by atoms with Gasteiger partial charge in [-0.25, -0.2) is 0 Å². The molecule has 3 nitrogen and oxygen atoms in total. The predicted molar refractivity (Wildman–Crippen MR) is 65.3 cm³/mol. The third-order valence-corrected chi connectivity index (χ3v) is 2.60. The van der Waals surface area contributed by atoms with E-state index in [2.05, 4.69) is 12.1 Å². The van der Waals surface area contributed by atoms with Crippen molar-refractivity contribution in [3.8, 4) is 5.75 Å². The van der Waals surface area contributed by atoms with Crippen molar-refractivity contribution in [2.45, 2.75) is 39.5 Å². The summed E-state index contributed by atoms with van der Waals surface area (Å²) in [4.78, 5) is 0. The molecule has 0 saturated carbocycles. The van der Waals surface area contributed by atoms with Crippen LogP contribution in [0.2, 0.25) is 0 Å². The minimum Gasteiger partial charge on any atom is -0.507 e. The fraction of sp³-hybridized carbons (Fsp3) is 0.462. The van der Waals surface area contributed by atoms with Crippen LogP contribution >= 0.6 is 0 Å². The lowest BCUT2D eigenvalue weighted by Gasteiger charge is -2.07. The summed E-state index contributed by atoms with van der Waals surface area (Å²) in [5, 5.41) is 22.0. The fourth-order valence-electron chi connectivity index (χ4n) is 1.67. The SMILES string of the molecule is CCCCCC(=NO)c1ccc(C)cc1O. The van der Waals surface area contributed by atoms with Crippen LogP contribution in [0.3, 0.4) is 0 Å². The molecule has 0 aliphatic heterocycles. The minimum atomic E-state index is 0.185. The molecular weight excluding hydrogens is 202 g/mol. The zero-order valence-corrected chi connectivity index (χ0v) is 9.90. The Morgan fingerprint density at radius 1 is 1.31 bits per heavy atom. The van der Waals surface area contributed by atoms with Crippen molar-refractivity contribution < 1.29 is 10.3 Å². The molecule has 0 spiro atoms. The van der Waals surface area contributed by atoms with E-state index in [-0.39, 0.29) is 5.75 Å². The summed E-state index contributed by atoms with van der Waals surface area (Å²) in [6.45, 7) is 4.04. The predicted octanol–water partition coefficient (Wildman–Crippen LogP) is 3.46. The van der Waals surface area contributed by atoms with Gasteiger partial charge in [0.2, 0.25) is 0 Å². The maximum Gasteiger partial charge on any atom is 0.125 e. The fourth-order valence-corrected chi connectivity index (χ4v) is 1.67. The van der Waals surface area contributed by atoms with Crippen molar-refractivity contribution in [3.05, 3.63) is 29.3 Å². The first-order chi connectivity index (χ1) is 7.69. The number of oxime groups is 1. The summed E-state index contributed by atoms with van der Waals surface area (Å²) in [6, 6.07) is 5.38. The van der Waals surface area contributed by atoms with Crippen LogP contribution in [0.4, 0.5) is 0 Å². The minimum absolute atomic E-state index is 0.185. The Morgan fingerprint density at radius 2 is 2.06 bits per heavy atom. The van der Waals surface area contributed by atoms with Gasteiger partial charge in [-0.2, -0.15) is 0 Å². The summed E-state index contributed by atoms with van der Waals surface area (Å²) in [5.74, 6) is 0.185. The Kier molecular flexibility index (Phi) is 4.83. The van der Waals surface area contributed by atoms with Gasteiger partial charge in [0, 0.05) is 5.56 Å². The first-order valence-corrected chi connectivity index (χ1v) is 5.70. The molecule has 0 bridgehead atoms. The van der Waals surface area contributed by atoms with E-state index in [1.54, 1.807) is 12.1 Å². The second-order valence-corrected chi connectivity index (χ2v) is 4.02. The lowest BCUT2D eigenvalue weighted by Crippen LogP contribution is -2.01. The standard InChI is InChI=1S/C13H19NO2/c1-3-4-5-6-12(14-16)11-8-7-10(2)9-13(11)15/h7-9,15-16H,3-6H2,1-2H3. The average molecular weight is 221 g/mol. The topological polar surface area (TPSA) is 52.8 Å². The van der Waals surface area contributed by atoms with E-state index in [1.807, 2.05) is 13.0 Å². The quantitative estimate of drug-likeness (QED) is 0.346. The van der Waals surface area contributed by atoms with Gasteiger partial charge in [0.1, 0.15) is 5.75 Å². The second-order valence-electron chi connectivity index (χ2n) is 4.02. The lowest BCUT2D eigenvalue weighted by molar-refractivity contribution is 0.317. The number of hydrogen-bond donors (Lipinski definition) is 2. The van der Waals surface area contributed by atoms with Gasteiger partial charge in [0.25, 0.3) is 0 Å². The molecule has 1 aromatic carbocycles. The monoisotopic (exact) mass is 221 g/mol. The van der Waals surface area contributed by atoms with E-state index < -0.39 is 0 Å². The van der Waals surface area contributed by atoms with Gasteiger partial charge in [-0.3, -0.25) is 0 Å². The molecule has 88 valence electrons. The van der Waals surface area contributed by atoms with Gasteiger partial charge in [0.05, 0.1) is 5.71 Å². The molecule has 0 aromatic heterocycles. The number of aryl methyl sites for hydroxylation is 1. The molecule has 3 heteroatoms. The van der Waals surface area contributed by atoms with Gasteiger partial charge >= 0.3 is 0 Å². The third-order valence-electron chi connectivity index (χ3n) is 2.60. The Labute approximate surface area is 96.4 Å². The number of aromatic hydroxyl groups is 1. The number of rotatable bonds is 5. The molecule has 0 saturated heterocycles. The zero-order chi connectivity index (χ0) is 12.0. The molecule has 0 radical (unpaired) electrons. The maximum atomic E-state index is 9.76. The average Bonchev–Trinajstić information content (AvgIpc) is 2.26. The van der Waals surface area contributed by atoms with Crippen LogP contribution in [0, 0.1) is 6.92 Å². The maximum absolute atomic E-state index is 9.76. The van der Waals surface area contributed by atoms with Gasteiger partial charge in [0.15, 0.2) is 0 Å². The smallest absolute Gasteiger partial charge is 0.125 e. The normalized spacial score (nSPS) is 11.8. The molecule has 0 unspecified atom stereocenters. The Morgan fingerprint density at radius 3 is 2.62 bits per heavy atom. The Bertz CT molecular complexity index is 372.